The number of amides is 3. The third-order valence-corrected chi connectivity index (χ3v) is 6.47. The van der Waals surface area contributed by atoms with Gasteiger partial charge in [0.05, 0.1) is 29.8 Å². The summed E-state index contributed by atoms with van der Waals surface area (Å²) in [5.74, 6) is -0.351. The topological polar surface area (TPSA) is 93.5 Å². The molecule has 9 heteroatoms. The number of fused-ring (bicyclic) bond motifs is 1. The van der Waals surface area contributed by atoms with E-state index in [0.29, 0.717) is 29.3 Å². The third-order valence-electron chi connectivity index (χ3n) is 6.16. The number of imidazole rings is 1. The lowest BCUT2D eigenvalue weighted by molar-refractivity contribution is -0.136. The second kappa shape index (κ2) is 8.04. The van der Waals surface area contributed by atoms with Gasteiger partial charge in [-0.3, -0.25) is 19.7 Å². The molecule has 0 aliphatic carbocycles. The molecule has 0 spiro atoms. The van der Waals surface area contributed by atoms with Crippen molar-refractivity contribution in [2.24, 2.45) is 7.05 Å². The Balaban J connectivity index is 1.50. The standard InChI is InChI=1S/C24H21ClN4O4/c1-28-12-26-21(22(28)14-4-6-17(25)19(10-14)33-2)13-3-5-16-15(9-13)11-29(24(16)32)18-7-8-20(30)27-23(18)31/h3-6,9-10,12,18H,7-8,11H2,1-2H3,(H,27,30,31). The first-order valence-corrected chi connectivity index (χ1v) is 10.9. The summed E-state index contributed by atoms with van der Waals surface area (Å²) in [6, 6.07) is 10.5. The van der Waals surface area contributed by atoms with Crippen molar-refractivity contribution >= 4 is 29.3 Å². The molecule has 1 saturated heterocycles. The molecule has 3 heterocycles. The highest BCUT2D eigenvalue weighted by atomic mass is 35.5. The minimum absolute atomic E-state index is 0.199. The molecule has 1 atom stereocenters. The number of imide groups is 1. The lowest BCUT2D eigenvalue weighted by Gasteiger charge is -2.29. The molecule has 1 fully saturated rings. The molecule has 33 heavy (non-hydrogen) atoms. The fourth-order valence-electron chi connectivity index (χ4n) is 4.51. The fraction of sp³-hybridized carbons (Fsp3) is 0.250. The summed E-state index contributed by atoms with van der Waals surface area (Å²) in [7, 11) is 3.48. The molecule has 2 aliphatic heterocycles. The highest BCUT2D eigenvalue weighted by molar-refractivity contribution is 6.32. The first-order valence-electron chi connectivity index (χ1n) is 10.5. The number of ether oxygens (including phenoxy) is 1. The largest absolute Gasteiger partial charge is 0.495 e. The fourth-order valence-corrected chi connectivity index (χ4v) is 4.71. The summed E-state index contributed by atoms with van der Waals surface area (Å²) in [6.45, 7) is 0.311. The first-order chi connectivity index (χ1) is 15.9. The van der Waals surface area contributed by atoms with Crippen LogP contribution in [-0.2, 0) is 23.2 Å². The number of halogens is 1. The normalized spacial score (nSPS) is 17.8. The van der Waals surface area contributed by atoms with Crippen molar-refractivity contribution in [1.82, 2.24) is 19.8 Å². The average molecular weight is 465 g/mol. The molecule has 3 aromatic rings. The highest BCUT2D eigenvalue weighted by Gasteiger charge is 2.39. The number of hydrogen-bond donors (Lipinski definition) is 1. The van der Waals surface area contributed by atoms with Crippen LogP contribution in [0.3, 0.4) is 0 Å². The van der Waals surface area contributed by atoms with Crippen LogP contribution in [0.15, 0.2) is 42.7 Å². The molecule has 0 bridgehead atoms. The molecule has 1 unspecified atom stereocenters. The minimum atomic E-state index is -0.641. The first kappa shape index (κ1) is 21.2. The van der Waals surface area contributed by atoms with E-state index in [9.17, 15) is 14.4 Å². The van der Waals surface area contributed by atoms with E-state index in [-0.39, 0.29) is 18.2 Å². The average Bonchev–Trinajstić information content (AvgIpc) is 3.34. The number of nitrogens with zero attached hydrogens (tertiary/aromatic N) is 3. The second-order valence-corrected chi connectivity index (χ2v) is 8.58. The predicted molar refractivity (Wildman–Crippen MR) is 122 cm³/mol. The number of nitrogens with one attached hydrogen (secondary N) is 1. The molecular weight excluding hydrogens is 444 g/mol. The van der Waals surface area contributed by atoms with Gasteiger partial charge in [0.1, 0.15) is 11.8 Å². The number of methoxy groups -OCH3 is 1. The van der Waals surface area contributed by atoms with E-state index in [1.54, 1.807) is 30.5 Å². The summed E-state index contributed by atoms with van der Waals surface area (Å²) in [6.07, 6.45) is 2.30. The van der Waals surface area contributed by atoms with Crippen LogP contribution in [0.1, 0.15) is 28.8 Å². The van der Waals surface area contributed by atoms with Crippen molar-refractivity contribution < 1.29 is 19.1 Å². The molecule has 1 N–H and O–H groups in total. The Labute approximate surface area is 195 Å². The van der Waals surface area contributed by atoms with Gasteiger partial charge in [-0.05, 0) is 36.2 Å². The van der Waals surface area contributed by atoms with Crippen molar-refractivity contribution in [1.29, 1.82) is 0 Å². The molecule has 2 aliphatic rings. The zero-order chi connectivity index (χ0) is 23.3. The third kappa shape index (κ3) is 3.56. The molecule has 0 radical (unpaired) electrons. The molecule has 0 saturated carbocycles. The van der Waals surface area contributed by atoms with Crippen molar-refractivity contribution in [3.05, 3.63) is 58.9 Å². The lowest BCUT2D eigenvalue weighted by atomic mass is 10.0. The predicted octanol–water partition coefficient (Wildman–Crippen LogP) is 3.18. The van der Waals surface area contributed by atoms with E-state index in [0.717, 1.165) is 28.1 Å². The van der Waals surface area contributed by atoms with Gasteiger partial charge in [0.15, 0.2) is 0 Å². The van der Waals surface area contributed by atoms with Gasteiger partial charge in [-0.1, -0.05) is 23.7 Å². The van der Waals surface area contributed by atoms with Crippen LogP contribution >= 0.6 is 11.6 Å². The molecule has 168 valence electrons. The van der Waals surface area contributed by atoms with E-state index in [4.69, 9.17) is 16.3 Å². The van der Waals surface area contributed by atoms with Crippen molar-refractivity contribution in [2.45, 2.75) is 25.4 Å². The number of aromatic nitrogens is 2. The Hall–Kier alpha value is -3.65. The van der Waals surface area contributed by atoms with E-state index < -0.39 is 11.9 Å². The van der Waals surface area contributed by atoms with Gasteiger partial charge in [0.2, 0.25) is 11.8 Å². The van der Waals surface area contributed by atoms with Crippen LogP contribution in [0.25, 0.3) is 22.5 Å². The van der Waals surface area contributed by atoms with E-state index >= 15 is 0 Å². The molecule has 8 nitrogen and oxygen atoms in total. The summed E-state index contributed by atoms with van der Waals surface area (Å²) in [5, 5.41) is 2.85. The van der Waals surface area contributed by atoms with Crippen molar-refractivity contribution in [3.63, 3.8) is 0 Å². The number of aryl methyl sites for hydroxylation is 1. The number of benzene rings is 2. The Morgan fingerprint density at radius 2 is 1.91 bits per heavy atom. The summed E-state index contributed by atoms with van der Waals surface area (Å²) in [5.41, 5.74) is 4.79. The van der Waals surface area contributed by atoms with Crippen LogP contribution < -0.4 is 10.1 Å². The van der Waals surface area contributed by atoms with Crippen LogP contribution in [0, 0.1) is 0 Å². The van der Waals surface area contributed by atoms with Crippen LogP contribution in [0.2, 0.25) is 5.02 Å². The highest BCUT2D eigenvalue weighted by Crippen LogP contribution is 2.37. The zero-order valence-electron chi connectivity index (χ0n) is 18.1. The summed E-state index contributed by atoms with van der Waals surface area (Å²) in [4.78, 5) is 42.9. The maximum Gasteiger partial charge on any atom is 0.255 e. The van der Waals surface area contributed by atoms with Crippen molar-refractivity contribution in [2.75, 3.05) is 7.11 Å². The quantitative estimate of drug-likeness (QED) is 0.598. The zero-order valence-corrected chi connectivity index (χ0v) is 18.8. The van der Waals surface area contributed by atoms with Gasteiger partial charge in [-0.2, -0.15) is 0 Å². The van der Waals surface area contributed by atoms with E-state index in [2.05, 4.69) is 10.3 Å². The molecular formula is C24H21ClN4O4. The van der Waals surface area contributed by atoms with Gasteiger partial charge in [0.25, 0.3) is 5.91 Å². The number of carbonyl (C=O) groups excluding carboxylic acids is 3. The van der Waals surface area contributed by atoms with Crippen molar-refractivity contribution in [3.8, 4) is 28.3 Å². The van der Waals surface area contributed by atoms with Gasteiger partial charge in [0, 0.05) is 36.7 Å². The summed E-state index contributed by atoms with van der Waals surface area (Å²) >= 11 is 6.20. The molecule has 2 aromatic carbocycles. The Morgan fingerprint density at radius 3 is 2.67 bits per heavy atom. The van der Waals surface area contributed by atoms with Crippen LogP contribution in [-0.4, -0.2) is 45.3 Å². The Morgan fingerprint density at radius 1 is 1.12 bits per heavy atom. The van der Waals surface area contributed by atoms with Gasteiger partial charge < -0.3 is 14.2 Å². The minimum Gasteiger partial charge on any atom is -0.495 e. The van der Waals surface area contributed by atoms with Gasteiger partial charge in [-0.15, -0.1) is 0 Å². The Kier molecular flexibility index (Phi) is 5.17. The molecule has 5 rings (SSSR count). The van der Waals surface area contributed by atoms with E-state index in [1.807, 2.05) is 35.9 Å². The monoisotopic (exact) mass is 464 g/mol. The maximum atomic E-state index is 13.0. The number of carbonyl (C=O) groups is 3. The molecule has 1 aromatic heterocycles. The van der Waals surface area contributed by atoms with E-state index in [1.165, 1.54) is 0 Å². The van der Waals surface area contributed by atoms with Gasteiger partial charge in [-0.25, -0.2) is 4.98 Å². The number of hydrogen-bond acceptors (Lipinski definition) is 5. The lowest BCUT2D eigenvalue weighted by Crippen LogP contribution is -2.52. The smallest absolute Gasteiger partial charge is 0.255 e. The number of rotatable bonds is 4. The summed E-state index contributed by atoms with van der Waals surface area (Å²) < 4.78 is 7.29. The second-order valence-electron chi connectivity index (χ2n) is 8.17. The van der Waals surface area contributed by atoms with Gasteiger partial charge >= 0.3 is 0 Å². The van der Waals surface area contributed by atoms with Crippen LogP contribution in [0.4, 0.5) is 0 Å². The maximum absolute atomic E-state index is 13.0. The van der Waals surface area contributed by atoms with Crippen LogP contribution in [0.5, 0.6) is 5.75 Å². The molecule has 3 amide bonds. The SMILES string of the molecule is COc1cc(-c2c(-c3ccc4c(c3)CN(C3CCC(=O)NC3=O)C4=O)ncn2C)ccc1Cl. The Bertz CT molecular complexity index is 1320. The number of piperidine rings is 1.